The van der Waals surface area contributed by atoms with Crippen LogP contribution < -0.4 is 0 Å². The summed E-state index contributed by atoms with van der Waals surface area (Å²) in [6, 6.07) is 1.16. The first-order valence-corrected chi connectivity index (χ1v) is 8.26. The molecule has 6 nitrogen and oxygen atoms in total. The van der Waals surface area contributed by atoms with Crippen molar-refractivity contribution in [3.05, 3.63) is 18.0 Å². The van der Waals surface area contributed by atoms with Crippen LogP contribution in [0.15, 0.2) is 17.2 Å². The van der Waals surface area contributed by atoms with Crippen LogP contribution in [0.1, 0.15) is 24.3 Å². The Morgan fingerprint density at radius 2 is 2.00 bits per heavy atom. The maximum atomic E-state index is 12.4. The number of nitrogens with zero attached hydrogens (tertiary/aromatic N) is 1. The summed E-state index contributed by atoms with van der Waals surface area (Å²) < 4.78 is 26.3. The van der Waals surface area contributed by atoms with Crippen LogP contribution in [0.3, 0.4) is 0 Å². The monoisotopic (exact) mass is 304 g/mol. The van der Waals surface area contributed by atoms with Gasteiger partial charge in [0.25, 0.3) is 0 Å². The molecule has 0 bridgehead atoms. The lowest BCUT2D eigenvalue weighted by Crippen LogP contribution is -2.43. The Morgan fingerprint density at radius 1 is 1.42 bits per heavy atom. The van der Waals surface area contributed by atoms with Crippen LogP contribution in [0.2, 0.25) is 0 Å². The number of H-pyrrole nitrogens is 1. The van der Waals surface area contributed by atoms with Crippen molar-refractivity contribution in [2.75, 3.05) is 13.1 Å². The molecule has 106 valence electrons. The maximum absolute atomic E-state index is 12.4. The zero-order chi connectivity index (χ0) is 14.2. The number of carboxylic acid groups (broad SMARTS) is 1. The van der Waals surface area contributed by atoms with E-state index >= 15 is 0 Å². The molecule has 0 aliphatic carbocycles. The van der Waals surface area contributed by atoms with E-state index in [9.17, 15) is 13.2 Å². The lowest BCUT2D eigenvalue weighted by Gasteiger charge is -2.33. The molecule has 1 saturated heterocycles. The fraction of sp³-hybridized carbons (Fsp3) is 0.545. The SMILES string of the molecule is CC1CN(S(=O)(=O)c2c[nH]c(C(=O)O)c2)CC(C)S1. The highest BCUT2D eigenvalue weighted by Crippen LogP contribution is 2.28. The maximum Gasteiger partial charge on any atom is 0.352 e. The van der Waals surface area contributed by atoms with Crippen molar-refractivity contribution < 1.29 is 18.3 Å². The molecular formula is C11H16N2O4S2. The van der Waals surface area contributed by atoms with Crippen LogP contribution in [0, 0.1) is 0 Å². The molecule has 1 aliphatic heterocycles. The van der Waals surface area contributed by atoms with E-state index in [1.54, 1.807) is 11.8 Å². The number of carbonyl (C=O) groups is 1. The van der Waals surface area contributed by atoms with E-state index in [1.165, 1.54) is 10.5 Å². The molecule has 2 unspecified atom stereocenters. The highest BCUT2D eigenvalue weighted by atomic mass is 32.2. The lowest BCUT2D eigenvalue weighted by molar-refractivity contribution is 0.0691. The van der Waals surface area contributed by atoms with Crippen LogP contribution in [-0.4, -0.2) is 52.4 Å². The van der Waals surface area contributed by atoms with Crippen molar-refractivity contribution in [3.63, 3.8) is 0 Å². The van der Waals surface area contributed by atoms with Gasteiger partial charge in [-0.1, -0.05) is 13.8 Å². The fourth-order valence-electron chi connectivity index (χ4n) is 2.12. The minimum absolute atomic E-state index is 0.0104. The molecule has 2 rings (SSSR count). The molecule has 2 atom stereocenters. The van der Waals surface area contributed by atoms with Gasteiger partial charge < -0.3 is 10.1 Å². The standard InChI is InChI=1S/C11H16N2O4S2/c1-7-5-13(6-8(2)18-7)19(16,17)9-3-10(11(14)15)12-4-9/h3-4,7-8,12H,5-6H2,1-2H3,(H,14,15). The average Bonchev–Trinajstić information content (AvgIpc) is 2.77. The average molecular weight is 304 g/mol. The Hall–Kier alpha value is -0.990. The predicted octanol–water partition coefficient (Wildman–Crippen LogP) is 1.23. The highest BCUT2D eigenvalue weighted by molar-refractivity contribution is 8.00. The summed E-state index contributed by atoms with van der Waals surface area (Å²) in [6.45, 7) is 4.88. The van der Waals surface area contributed by atoms with Crippen LogP contribution in [0.25, 0.3) is 0 Å². The molecule has 2 heterocycles. The van der Waals surface area contributed by atoms with Gasteiger partial charge in [-0.15, -0.1) is 0 Å². The number of aromatic amines is 1. The lowest BCUT2D eigenvalue weighted by atomic mass is 10.4. The van der Waals surface area contributed by atoms with Crippen molar-refractivity contribution in [2.24, 2.45) is 0 Å². The van der Waals surface area contributed by atoms with E-state index in [2.05, 4.69) is 4.98 Å². The molecule has 8 heteroatoms. The Labute approximate surface area is 116 Å². The summed E-state index contributed by atoms with van der Waals surface area (Å²) in [7, 11) is -3.62. The topological polar surface area (TPSA) is 90.5 Å². The summed E-state index contributed by atoms with van der Waals surface area (Å²) in [5.41, 5.74) is -0.119. The first-order chi connectivity index (χ1) is 8.80. The van der Waals surface area contributed by atoms with Gasteiger partial charge in [-0.2, -0.15) is 16.1 Å². The van der Waals surface area contributed by atoms with Gasteiger partial charge in [0.05, 0.1) is 0 Å². The molecular weight excluding hydrogens is 288 g/mol. The van der Waals surface area contributed by atoms with Crippen molar-refractivity contribution in [2.45, 2.75) is 29.2 Å². The van der Waals surface area contributed by atoms with Crippen LogP contribution in [0.5, 0.6) is 0 Å². The number of aromatic carboxylic acids is 1. The molecule has 0 saturated carbocycles. The summed E-state index contributed by atoms with van der Waals surface area (Å²) in [6.07, 6.45) is 1.23. The number of aromatic nitrogens is 1. The molecule has 1 aromatic heterocycles. The van der Waals surface area contributed by atoms with E-state index in [1.807, 2.05) is 13.8 Å². The van der Waals surface area contributed by atoms with Crippen molar-refractivity contribution in [3.8, 4) is 0 Å². The summed E-state index contributed by atoms with van der Waals surface area (Å²) in [5, 5.41) is 9.28. The molecule has 2 N–H and O–H groups in total. The van der Waals surface area contributed by atoms with Gasteiger partial charge in [-0.05, 0) is 6.07 Å². The predicted molar refractivity (Wildman–Crippen MR) is 73.0 cm³/mol. The summed E-state index contributed by atoms with van der Waals surface area (Å²) >= 11 is 1.76. The molecule has 1 fully saturated rings. The summed E-state index contributed by atoms with van der Waals surface area (Å²) in [4.78, 5) is 13.3. The van der Waals surface area contributed by atoms with Crippen LogP contribution in [-0.2, 0) is 10.0 Å². The van der Waals surface area contributed by atoms with Gasteiger partial charge in [0.2, 0.25) is 10.0 Å². The largest absolute Gasteiger partial charge is 0.477 e. The second-order valence-corrected chi connectivity index (χ2v) is 8.45. The van der Waals surface area contributed by atoms with Gasteiger partial charge in [-0.3, -0.25) is 0 Å². The molecule has 0 aromatic carbocycles. The van der Waals surface area contributed by atoms with Crippen molar-refractivity contribution in [1.82, 2.24) is 9.29 Å². The number of hydrogen-bond acceptors (Lipinski definition) is 4. The quantitative estimate of drug-likeness (QED) is 0.876. The van der Waals surface area contributed by atoms with E-state index in [0.29, 0.717) is 13.1 Å². The Kier molecular flexibility index (Phi) is 3.93. The third-order valence-corrected chi connectivity index (χ3v) is 5.95. The number of nitrogens with one attached hydrogen (secondary N) is 1. The zero-order valence-electron chi connectivity index (χ0n) is 10.7. The number of thioether (sulfide) groups is 1. The Bertz CT molecular complexity index is 571. The van der Waals surface area contributed by atoms with Gasteiger partial charge in [-0.25, -0.2) is 13.2 Å². The number of hydrogen-bond donors (Lipinski definition) is 2. The van der Waals surface area contributed by atoms with Crippen LogP contribution >= 0.6 is 11.8 Å². The summed E-state index contributed by atoms with van der Waals surface area (Å²) in [5.74, 6) is -1.17. The van der Waals surface area contributed by atoms with Gasteiger partial charge in [0.15, 0.2) is 0 Å². The van der Waals surface area contributed by atoms with Gasteiger partial charge in [0.1, 0.15) is 10.6 Å². The van der Waals surface area contributed by atoms with Crippen LogP contribution in [0.4, 0.5) is 0 Å². The van der Waals surface area contributed by atoms with E-state index in [-0.39, 0.29) is 21.1 Å². The van der Waals surface area contributed by atoms with Crippen molar-refractivity contribution in [1.29, 1.82) is 0 Å². The normalized spacial score (nSPS) is 25.4. The Morgan fingerprint density at radius 3 is 2.47 bits per heavy atom. The smallest absolute Gasteiger partial charge is 0.352 e. The molecule has 0 radical (unpaired) electrons. The van der Waals surface area contributed by atoms with E-state index in [4.69, 9.17) is 5.11 Å². The first-order valence-electron chi connectivity index (χ1n) is 5.88. The highest BCUT2D eigenvalue weighted by Gasteiger charge is 2.32. The van der Waals surface area contributed by atoms with Gasteiger partial charge >= 0.3 is 5.97 Å². The molecule has 0 spiro atoms. The zero-order valence-corrected chi connectivity index (χ0v) is 12.3. The van der Waals surface area contributed by atoms with Gasteiger partial charge in [0, 0.05) is 29.8 Å². The first kappa shape index (κ1) is 14.4. The van der Waals surface area contributed by atoms with Crippen molar-refractivity contribution >= 4 is 27.8 Å². The number of carboxylic acids is 1. The fourth-order valence-corrected chi connectivity index (χ4v) is 5.25. The number of rotatable bonds is 3. The molecule has 19 heavy (non-hydrogen) atoms. The second-order valence-electron chi connectivity index (χ2n) is 4.63. The minimum Gasteiger partial charge on any atom is -0.477 e. The minimum atomic E-state index is -3.62. The molecule has 1 aliphatic rings. The molecule has 0 amide bonds. The van der Waals surface area contributed by atoms with E-state index < -0.39 is 16.0 Å². The molecule has 1 aromatic rings. The van der Waals surface area contributed by atoms with E-state index in [0.717, 1.165) is 6.07 Å². The number of sulfonamides is 1. The third-order valence-electron chi connectivity index (χ3n) is 2.91. The third kappa shape index (κ3) is 2.96. The second kappa shape index (κ2) is 5.18. The Balaban J connectivity index is 2.28.